The number of rotatable bonds is 3. The van der Waals surface area contributed by atoms with Gasteiger partial charge in [0.05, 0.1) is 5.52 Å². The third-order valence-electron chi connectivity index (χ3n) is 4.85. The molecule has 2 aliphatic carbocycles. The highest BCUT2D eigenvalue weighted by molar-refractivity contribution is 6.20. The predicted molar refractivity (Wildman–Crippen MR) is 79.4 cm³/mol. The summed E-state index contributed by atoms with van der Waals surface area (Å²) < 4.78 is 0. The fraction of sp³-hybridized carbons (Fsp3) is 0.471. The molecule has 3 atom stereocenters. The maximum Gasteiger partial charge on any atom is 0.0705 e. The molecule has 0 amide bonds. The van der Waals surface area contributed by atoms with Crippen molar-refractivity contribution in [3.63, 3.8) is 0 Å². The normalized spacial score (nSPS) is 30.3. The molecule has 4 rings (SSSR count). The molecule has 0 bridgehead atoms. The molecule has 0 N–H and O–H groups in total. The number of hydrogen-bond donors (Lipinski definition) is 0. The Kier molecular flexibility index (Phi) is 2.77. The molecule has 3 unspecified atom stereocenters. The van der Waals surface area contributed by atoms with Crippen molar-refractivity contribution in [2.75, 3.05) is 0 Å². The van der Waals surface area contributed by atoms with Gasteiger partial charge in [-0.1, -0.05) is 24.3 Å². The van der Waals surface area contributed by atoms with Gasteiger partial charge in [-0.3, -0.25) is 4.98 Å². The Morgan fingerprint density at radius 1 is 1.05 bits per heavy atom. The Balaban J connectivity index is 1.51. The fourth-order valence-corrected chi connectivity index (χ4v) is 4.01. The quantitative estimate of drug-likeness (QED) is 0.753. The first-order valence-electron chi connectivity index (χ1n) is 7.28. The number of halogens is 1. The molecule has 0 saturated heterocycles. The molecule has 0 spiro atoms. The molecule has 98 valence electrons. The number of nitrogens with zero attached hydrogens (tertiary/aromatic N) is 1. The predicted octanol–water partition coefficient (Wildman–Crippen LogP) is 4.43. The van der Waals surface area contributed by atoms with E-state index < -0.39 is 0 Å². The van der Waals surface area contributed by atoms with Crippen LogP contribution in [0.4, 0.5) is 0 Å². The van der Waals surface area contributed by atoms with Gasteiger partial charge in [-0.05, 0) is 49.1 Å². The first-order chi connectivity index (χ1) is 9.29. The van der Waals surface area contributed by atoms with E-state index in [-0.39, 0.29) is 5.38 Å². The van der Waals surface area contributed by atoms with Crippen LogP contribution in [0.15, 0.2) is 36.4 Å². The van der Waals surface area contributed by atoms with Crippen LogP contribution < -0.4 is 0 Å². The fourth-order valence-electron chi connectivity index (χ4n) is 3.65. The average Bonchev–Trinajstić information content (AvgIpc) is 3.05. The highest BCUT2D eigenvalue weighted by atomic mass is 35.5. The van der Waals surface area contributed by atoms with Gasteiger partial charge < -0.3 is 0 Å². The molecule has 1 aromatic carbocycles. The third kappa shape index (κ3) is 2.25. The van der Waals surface area contributed by atoms with Gasteiger partial charge in [0, 0.05) is 22.9 Å². The minimum Gasteiger partial charge on any atom is -0.253 e. The van der Waals surface area contributed by atoms with E-state index >= 15 is 0 Å². The second-order valence-electron chi connectivity index (χ2n) is 6.20. The SMILES string of the molecule is ClC(Cc1ccc2ccccc2n1)C1CC2CC2C1. The van der Waals surface area contributed by atoms with Crippen molar-refractivity contribution in [3.8, 4) is 0 Å². The molecule has 2 aromatic rings. The number of aromatic nitrogens is 1. The van der Waals surface area contributed by atoms with Gasteiger partial charge >= 0.3 is 0 Å². The van der Waals surface area contributed by atoms with Crippen LogP contribution in [0.3, 0.4) is 0 Å². The summed E-state index contributed by atoms with van der Waals surface area (Å²) in [7, 11) is 0. The monoisotopic (exact) mass is 271 g/mol. The lowest BCUT2D eigenvalue weighted by Crippen LogP contribution is -2.16. The highest BCUT2D eigenvalue weighted by Gasteiger charge is 2.47. The lowest BCUT2D eigenvalue weighted by atomic mass is 9.96. The van der Waals surface area contributed by atoms with Crippen molar-refractivity contribution in [1.29, 1.82) is 0 Å². The standard InChI is InChI=1S/C17H18ClN/c18-16(14-8-12-7-13(12)9-14)10-15-6-5-11-3-1-2-4-17(11)19-15/h1-6,12-14,16H,7-10H2. The number of hydrogen-bond acceptors (Lipinski definition) is 1. The first kappa shape index (κ1) is 11.7. The van der Waals surface area contributed by atoms with Gasteiger partial charge in [-0.25, -0.2) is 0 Å². The Hall–Kier alpha value is -1.08. The second-order valence-corrected chi connectivity index (χ2v) is 6.76. The lowest BCUT2D eigenvalue weighted by Gasteiger charge is -2.18. The van der Waals surface area contributed by atoms with Crippen LogP contribution in [-0.2, 0) is 6.42 Å². The van der Waals surface area contributed by atoms with Gasteiger partial charge in [0.2, 0.25) is 0 Å². The zero-order valence-corrected chi connectivity index (χ0v) is 11.7. The average molecular weight is 272 g/mol. The van der Waals surface area contributed by atoms with E-state index in [4.69, 9.17) is 16.6 Å². The molecule has 19 heavy (non-hydrogen) atoms. The Bertz CT molecular complexity index is 599. The van der Waals surface area contributed by atoms with Gasteiger partial charge in [-0.15, -0.1) is 11.6 Å². The molecule has 2 heteroatoms. The summed E-state index contributed by atoms with van der Waals surface area (Å²) in [5.74, 6) is 2.74. The Morgan fingerprint density at radius 3 is 2.68 bits per heavy atom. The number of benzene rings is 1. The van der Waals surface area contributed by atoms with E-state index in [2.05, 4.69) is 30.3 Å². The molecule has 2 saturated carbocycles. The van der Waals surface area contributed by atoms with Crippen molar-refractivity contribution in [3.05, 3.63) is 42.1 Å². The summed E-state index contributed by atoms with van der Waals surface area (Å²) in [6.45, 7) is 0. The van der Waals surface area contributed by atoms with Crippen molar-refractivity contribution >= 4 is 22.5 Å². The molecule has 2 fully saturated rings. The molecule has 0 aliphatic heterocycles. The van der Waals surface area contributed by atoms with E-state index in [1.807, 2.05) is 6.07 Å². The number of alkyl halides is 1. The number of para-hydroxylation sites is 1. The van der Waals surface area contributed by atoms with E-state index in [0.29, 0.717) is 0 Å². The number of pyridine rings is 1. The molecule has 1 aromatic heterocycles. The van der Waals surface area contributed by atoms with Crippen LogP contribution in [-0.4, -0.2) is 10.4 Å². The lowest BCUT2D eigenvalue weighted by molar-refractivity contribution is 0.458. The Labute approximate surface area is 119 Å². The van der Waals surface area contributed by atoms with Crippen LogP contribution in [0.25, 0.3) is 10.9 Å². The molecule has 1 nitrogen and oxygen atoms in total. The summed E-state index contributed by atoms with van der Waals surface area (Å²) in [6.07, 6.45) is 5.09. The van der Waals surface area contributed by atoms with Gasteiger partial charge in [0.1, 0.15) is 0 Å². The van der Waals surface area contributed by atoms with Crippen molar-refractivity contribution in [2.24, 2.45) is 17.8 Å². The first-order valence-corrected chi connectivity index (χ1v) is 7.72. The topological polar surface area (TPSA) is 12.9 Å². The molecule has 1 heterocycles. The zero-order chi connectivity index (χ0) is 12.8. The summed E-state index contributed by atoms with van der Waals surface area (Å²) in [6, 6.07) is 12.6. The molecular formula is C17H18ClN. The van der Waals surface area contributed by atoms with Gasteiger partial charge in [0.25, 0.3) is 0 Å². The maximum atomic E-state index is 6.62. The Morgan fingerprint density at radius 2 is 1.84 bits per heavy atom. The van der Waals surface area contributed by atoms with Gasteiger partial charge in [0.15, 0.2) is 0 Å². The maximum absolute atomic E-state index is 6.62. The van der Waals surface area contributed by atoms with Crippen LogP contribution >= 0.6 is 11.6 Å². The van der Waals surface area contributed by atoms with Crippen LogP contribution in [0, 0.1) is 17.8 Å². The van der Waals surface area contributed by atoms with Crippen LogP contribution in [0.2, 0.25) is 0 Å². The van der Waals surface area contributed by atoms with Crippen molar-refractivity contribution in [1.82, 2.24) is 4.98 Å². The van der Waals surface area contributed by atoms with E-state index in [1.165, 1.54) is 24.6 Å². The smallest absolute Gasteiger partial charge is 0.0705 e. The minimum absolute atomic E-state index is 0.265. The van der Waals surface area contributed by atoms with Gasteiger partial charge in [-0.2, -0.15) is 0 Å². The van der Waals surface area contributed by atoms with Crippen molar-refractivity contribution < 1.29 is 0 Å². The molecule has 0 radical (unpaired) electrons. The number of fused-ring (bicyclic) bond motifs is 2. The van der Waals surface area contributed by atoms with E-state index in [1.54, 1.807) is 0 Å². The molecular weight excluding hydrogens is 254 g/mol. The van der Waals surface area contributed by atoms with Crippen LogP contribution in [0.1, 0.15) is 25.0 Å². The largest absolute Gasteiger partial charge is 0.253 e. The highest BCUT2D eigenvalue weighted by Crippen LogP contribution is 2.56. The summed E-state index contributed by atoms with van der Waals surface area (Å²) >= 11 is 6.62. The van der Waals surface area contributed by atoms with Crippen molar-refractivity contribution in [2.45, 2.75) is 31.1 Å². The minimum atomic E-state index is 0.265. The third-order valence-corrected chi connectivity index (χ3v) is 5.36. The summed E-state index contributed by atoms with van der Waals surface area (Å²) in [5, 5.41) is 1.47. The summed E-state index contributed by atoms with van der Waals surface area (Å²) in [4.78, 5) is 4.73. The summed E-state index contributed by atoms with van der Waals surface area (Å²) in [5.41, 5.74) is 2.22. The van der Waals surface area contributed by atoms with E-state index in [9.17, 15) is 0 Å². The second kappa shape index (κ2) is 4.49. The van der Waals surface area contributed by atoms with E-state index in [0.717, 1.165) is 35.4 Å². The molecule has 2 aliphatic rings. The zero-order valence-electron chi connectivity index (χ0n) is 10.9. The van der Waals surface area contributed by atoms with Crippen LogP contribution in [0.5, 0.6) is 0 Å².